The second-order valence-electron chi connectivity index (χ2n) is 9.61. The number of hydrazone groups is 1. The van der Waals surface area contributed by atoms with Crippen LogP contribution in [0.3, 0.4) is 0 Å². The number of carbonyl (C=O) groups is 2. The van der Waals surface area contributed by atoms with Crippen molar-refractivity contribution in [3.8, 4) is 17.2 Å². The van der Waals surface area contributed by atoms with E-state index in [4.69, 9.17) is 18.9 Å². The van der Waals surface area contributed by atoms with E-state index in [1.54, 1.807) is 49.5 Å². The second-order valence-corrected chi connectivity index (χ2v) is 11.9. The minimum absolute atomic E-state index is 0.105. The number of halogens is 3. The summed E-state index contributed by atoms with van der Waals surface area (Å²) in [5, 5.41) is 19.9. The highest BCUT2D eigenvalue weighted by molar-refractivity contribution is 14.1. The molecule has 0 saturated carbocycles. The van der Waals surface area contributed by atoms with Crippen LogP contribution >= 0.6 is 45.2 Å². The molecule has 4 rings (SSSR count). The molecule has 11 nitrogen and oxygen atoms in total. The van der Waals surface area contributed by atoms with E-state index in [0.717, 1.165) is 12.7 Å². The number of hydrogen-bond acceptors (Lipinski definition) is 9. The molecular formula is C31H31FI2N4O7. The number of methoxy groups -OCH3 is 1. The van der Waals surface area contributed by atoms with Gasteiger partial charge in [0.1, 0.15) is 24.8 Å². The number of carbonyl (C=O) groups excluding carboxylic acids is 2. The summed E-state index contributed by atoms with van der Waals surface area (Å²) < 4.78 is 37.9. The second kappa shape index (κ2) is 16.1. The zero-order chi connectivity index (χ0) is 32.5. The van der Waals surface area contributed by atoms with Crippen molar-refractivity contribution in [2.24, 2.45) is 5.10 Å². The van der Waals surface area contributed by atoms with Crippen molar-refractivity contribution < 1.29 is 38.0 Å². The number of urea groups is 1. The quantitative estimate of drug-likeness (QED) is 0.0611. The van der Waals surface area contributed by atoms with Gasteiger partial charge in [-0.25, -0.2) is 14.0 Å². The van der Waals surface area contributed by atoms with Crippen LogP contribution in [-0.2, 0) is 16.1 Å². The van der Waals surface area contributed by atoms with Gasteiger partial charge in [-0.1, -0.05) is 24.3 Å². The van der Waals surface area contributed by atoms with Crippen LogP contribution in [0.2, 0.25) is 0 Å². The summed E-state index contributed by atoms with van der Waals surface area (Å²) in [4.78, 5) is 24.6. The first kappa shape index (κ1) is 34.2. The maximum absolute atomic E-state index is 14.0. The maximum Gasteiger partial charge on any atom is 0.337 e. The number of allylic oxidation sites excluding steroid dienone is 1. The lowest BCUT2D eigenvalue weighted by Crippen LogP contribution is -2.45. The molecule has 14 heteroatoms. The zero-order valence-corrected chi connectivity index (χ0v) is 28.8. The molecule has 45 heavy (non-hydrogen) atoms. The first-order valence-electron chi connectivity index (χ1n) is 13.7. The number of rotatable bonds is 13. The molecule has 3 aromatic carbocycles. The molecule has 2 atom stereocenters. The van der Waals surface area contributed by atoms with Crippen LogP contribution in [0, 0.1) is 13.0 Å². The predicted molar refractivity (Wildman–Crippen MR) is 182 cm³/mol. The number of amides is 2. The van der Waals surface area contributed by atoms with Crippen LogP contribution in [0.5, 0.6) is 17.2 Å². The topological polar surface area (TPSA) is 140 Å². The lowest BCUT2D eigenvalue weighted by atomic mass is 9.95. The summed E-state index contributed by atoms with van der Waals surface area (Å²) in [6.45, 7) is 3.70. The number of hydrogen-bond donors (Lipinski definition) is 4. The smallest absolute Gasteiger partial charge is 0.337 e. The molecule has 0 radical (unpaired) electrons. The summed E-state index contributed by atoms with van der Waals surface area (Å²) in [5.41, 5.74) is 5.09. The average Bonchev–Trinajstić information content (AvgIpc) is 3.00. The number of nitrogens with one attached hydrogen (secondary N) is 3. The van der Waals surface area contributed by atoms with Crippen molar-refractivity contribution in [2.45, 2.75) is 32.7 Å². The number of aliphatic hydroxyl groups is 1. The van der Waals surface area contributed by atoms with E-state index in [1.165, 1.54) is 13.2 Å². The van der Waals surface area contributed by atoms with Crippen LogP contribution in [0.25, 0.3) is 0 Å². The van der Waals surface area contributed by atoms with E-state index < -0.39 is 24.3 Å². The molecule has 0 saturated heterocycles. The van der Waals surface area contributed by atoms with Crippen LogP contribution in [-0.4, -0.2) is 49.9 Å². The molecule has 0 spiro atoms. The van der Waals surface area contributed by atoms with Crippen LogP contribution in [0.1, 0.15) is 36.6 Å². The van der Waals surface area contributed by atoms with Crippen LogP contribution < -0.4 is 30.3 Å². The van der Waals surface area contributed by atoms with Gasteiger partial charge in [-0.05, 0) is 100 Å². The fourth-order valence-electron chi connectivity index (χ4n) is 4.38. The van der Waals surface area contributed by atoms with E-state index >= 15 is 0 Å². The molecule has 2 amide bonds. The van der Waals surface area contributed by atoms with Gasteiger partial charge in [-0.2, -0.15) is 5.10 Å². The van der Waals surface area contributed by atoms with E-state index in [0.29, 0.717) is 40.7 Å². The Kier molecular flexibility index (Phi) is 12.2. The fraction of sp³-hybridized carbons (Fsp3) is 0.258. The Morgan fingerprint density at radius 2 is 1.84 bits per heavy atom. The largest absolute Gasteiger partial charge is 0.490 e. The van der Waals surface area contributed by atoms with E-state index in [9.17, 15) is 19.1 Å². The van der Waals surface area contributed by atoms with Gasteiger partial charge in [0.25, 0.3) is 0 Å². The van der Waals surface area contributed by atoms with E-state index in [1.807, 2.05) is 19.1 Å². The highest BCUT2D eigenvalue weighted by Crippen LogP contribution is 2.35. The number of aliphatic hydroxyl groups excluding tert-OH is 1. The summed E-state index contributed by atoms with van der Waals surface area (Å²) in [6.07, 6.45) is 0.396. The molecule has 1 aliphatic heterocycles. The first-order chi connectivity index (χ1) is 21.6. The van der Waals surface area contributed by atoms with Crippen molar-refractivity contribution in [3.63, 3.8) is 0 Å². The monoisotopic (exact) mass is 844 g/mol. The Balaban J connectivity index is 1.37. The third-order valence-corrected chi connectivity index (χ3v) is 8.06. The minimum Gasteiger partial charge on any atom is -0.490 e. The van der Waals surface area contributed by atoms with Crippen molar-refractivity contribution in [2.75, 3.05) is 20.3 Å². The van der Waals surface area contributed by atoms with Crippen molar-refractivity contribution >= 4 is 63.4 Å². The molecule has 1 aliphatic rings. The summed E-state index contributed by atoms with van der Waals surface area (Å²) in [5.74, 6) is 0.457. The minimum atomic E-state index is -1.16. The average molecular weight is 844 g/mol. The van der Waals surface area contributed by atoms with Gasteiger partial charge >= 0.3 is 12.0 Å². The van der Waals surface area contributed by atoms with Gasteiger partial charge < -0.3 is 34.7 Å². The van der Waals surface area contributed by atoms with Gasteiger partial charge in [0.05, 0.1) is 38.7 Å². The normalized spacial score (nSPS) is 15.3. The molecule has 0 bridgehead atoms. The van der Waals surface area contributed by atoms with E-state index in [-0.39, 0.29) is 24.6 Å². The van der Waals surface area contributed by atoms with Crippen LogP contribution in [0.15, 0.2) is 71.0 Å². The number of nitrogens with zero attached hydrogens (tertiary/aromatic N) is 1. The number of esters is 1. The van der Waals surface area contributed by atoms with Gasteiger partial charge in [0, 0.05) is 11.3 Å². The van der Waals surface area contributed by atoms with E-state index in [2.05, 4.69) is 66.3 Å². The lowest BCUT2D eigenvalue weighted by molar-refractivity contribution is -0.136. The highest BCUT2D eigenvalue weighted by atomic mass is 127. The first-order valence-corrected chi connectivity index (χ1v) is 15.8. The van der Waals surface area contributed by atoms with Gasteiger partial charge in [0.2, 0.25) is 0 Å². The summed E-state index contributed by atoms with van der Waals surface area (Å²) in [7, 11) is 1.27. The number of ether oxygens (including phenoxy) is 4. The van der Waals surface area contributed by atoms with Crippen molar-refractivity contribution in [3.05, 3.63) is 95.5 Å². The van der Waals surface area contributed by atoms with Gasteiger partial charge in [0.15, 0.2) is 17.7 Å². The van der Waals surface area contributed by atoms with Gasteiger partial charge in [-0.15, -0.1) is 0 Å². The molecule has 0 aromatic heterocycles. The van der Waals surface area contributed by atoms with Crippen molar-refractivity contribution in [1.29, 1.82) is 0 Å². The Morgan fingerprint density at radius 3 is 2.53 bits per heavy atom. The fourth-order valence-corrected chi connectivity index (χ4v) is 6.50. The maximum atomic E-state index is 14.0. The standard InChI is InChI=1S/C31H31FI2N4O7/c1-4-43-25-13-19(28-27(30(40)42-3)17(2)36-31(41)37-28)9-10-24(25)44-16-26(39)38-35-14-18-11-22(33)29(23(34)12-18)45-15-20-7-5-6-8-21(20)32/h5-14,26,28,38-39H,4,15-16H2,1-3H3,(H2,36,37,41)/b35-14-/t26-,28-/m1/s1. The lowest BCUT2D eigenvalue weighted by Gasteiger charge is -2.28. The molecule has 0 fully saturated rings. The molecule has 1 heterocycles. The third-order valence-electron chi connectivity index (χ3n) is 6.46. The van der Waals surface area contributed by atoms with Crippen LogP contribution in [0.4, 0.5) is 9.18 Å². The molecule has 0 unspecified atom stereocenters. The molecular weight excluding hydrogens is 813 g/mol. The Morgan fingerprint density at radius 1 is 1.11 bits per heavy atom. The molecule has 3 aromatic rings. The summed E-state index contributed by atoms with van der Waals surface area (Å²) >= 11 is 4.29. The SMILES string of the molecule is CCOc1cc([C@H]2NC(=O)NC(C)=C2C(=O)OC)ccc1OC[C@@H](O)N/N=C\c1cc(I)c(OCc2ccccc2F)c(I)c1. The number of benzene rings is 3. The highest BCUT2D eigenvalue weighted by Gasteiger charge is 2.32. The van der Waals surface area contributed by atoms with Gasteiger partial charge in [-0.3, -0.25) is 5.43 Å². The third kappa shape index (κ3) is 8.97. The Labute approximate surface area is 286 Å². The van der Waals surface area contributed by atoms with Crippen molar-refractivity contribution in [1.82, 2.24) is 16.1 Å². The molecule has 4 N–H and O–H groups in total. The molecule has 0 aliphatic carbocycles. The molecule has 238 valence electrons. The Bertz CT molecular complexity index is 1600. The summed E-state index contributed by atoms with van der Waals surface area (Å²) in [6, 6.07) is 14.0. The predicted octanol–water partition coefficient (Wildman–Crippen LogP) is 5.13. The Hall–Kier alpha value is -3.64. The zero-order valence-electron chi connectivity index (χ0n) is 24.5.